The SMILES string of the molecule is Cc1sc(-c2ccc3c(c2)C(C)(C)OC3=O)cc1F. The van der Waals surface area contributed by atoms with Gasteiger partial charge in [-0.2, -0.15) is 0 Å². The Morgan fingerprint density at radius 3 is 2.63 bits per heavy atom. The van der Waals surface area contributed by atoms with Crippen LogP contribution >= 0.6 is 11.3 Å². The van der Waals surface area contributed by atoms with Crippen molar-refractivity contribution in [3.05, 3.63) is 46.1 Å². The van der Waals surface area contributed by atoms with Crippen LogP contribution in [-0.2, 0) is 10.3 Å². The molecule has 19 heavy (non-hydrogen) atoms. The lowest BCUT2D eigenvalue weighted by molar-refractivity contribution is 0.00955. The van der Waals surface area contributed by atoms with Crippen molar-refractivity contribution in [2.75, 3.05) is 0 Å². The molecular weight excluding hydrogens is 263 g/mol. The van der Waals surface area contributed by atoms with Gasteiger partial charge in [0.25, 0.3) is 0 Å². The van der Waals surface area contributed by atoms with E-state index in [0.717, 1.165) is 16.0 Å². The number of ether oxygens (including phenoxy) is 1. The molecule has 0 unspecified atom stereocenters. The number of aryl methyl sites for hydroxylation is 1. The largest absolute Gasteiger partial charge is 0.451 e. The molecule has 0 fully saturated rings. The summed E-state index contributed by atoms with van der Waals surface area (Å²) in [5.41, 5.74) is 1.76. The van der Waals surface area contributed by atoms with Gasteiger partial charge >= 0.3 is 5.97 Å². The van der Waals surface area contributed by atoms with Gasteiger partial charge in [-0.15, -0.1) is 11.3 Å². The highest BCUT2D eigenvalue weighted by atomic mass is 32.1. The molecule has 2 aromatic rings. The topological polar surface area (TPSA) is 26.3 Å². The lowest BCUT2D eigenvalue weighted by Crippen LogP contribution is -2.16. The van der Waals surface area contributed by atoms with Gasteiger partial charge in [0.2, 0.25) is 0 Å². The molecule has 1 aliphatic heterocycles. The van der Waals surface area contributed by atoms with E-state index in [9.17, 15) is 9.18 Å². The first-order valence-electron chi connectivity index (χ1n) is 6.02. The van der Waals surface area contributed by atoms with Gasteiger partial charge < -0.3 is 4.74 Å². The zero-order valence-corrected chi connectivity index (χ0v) is 11.7. The van der Waals surface area contributed by atoms with Crippen LogP contribution in [0.4, 0.5) is 4.39 Å². The van der Waals surface area contributed by atoms with Gasteiger partial charge in [0.15, 0.2) is 0 Å². The molecule has 0 N–H and O–H groups in total. The summed E-state index contributed by atoms with van der Waals surface area (Å²) in [6, 6.07) is 7.05. The molecule has 0 bridgehead atoms. The summed E-state index contributed by atoms with van der Waals surface area (Å²) >= 11 is 1.41. The van der Waals surface area contributed by atoms with Crippen LogP contribution in [0.25, 0.3) is 10.4 Å². The van der Waals surface area contributed by atoms with E-state index in [-0.39, 0.29) is 11.8 Å². The van der Waals surface area contributed by atoms with Gasteiger partial charge in [0, 0.05) is 15.3 Å². The van der Waals surface area contributed by atoms with Crippen molar-refractivity contribution in [3.8, 4) is 10.4 Å². The van der Waals surface area contributed by atoms with E-state index in [4.69, 9.17) is 4.74 Å². The molecule has 2 heterocycles. The minimum absolute atomic E-state index is 0.188. The fourth-order valence-electron chi connectivity index (χ4n) is 2.32. The summed E-state index contributed by atoms with van der Waals surface area (Å²) in [6.45, 7) is 5.48. The van der Waals surface area contributed by atoms with E-state index < -0.39 is 5.60 Å². The average Bonchev–Trinajstić information content (AvgIpc) is 2.78. The monoisotopic (exact) mass is 276 g/mol. The Labute approximate surface area is 114 Å². The normalized spacial score (nSPS) is 16.3. The number of hydrogen-bond acceptors (Lipinski definition) is 3. The summed E-state index contributed by atoms with van der Waals surface area (Å²) in [5.74, 6) is -0.479. The van der Waals surface area contributed by atoms with Gasteiger partial charge in [-0.1, -0.05) is 6.07 Å². The Balaban J connectivity index is 2.14. The number of cyclic esters (lactones) is 1. The van der Waals surface area contributed by atoms with Crippen LogP contribution in [0.5, 0.6) is 0 Å². The maximum atomic E-state index is 13.4. The van der Waals surface area contributed by atoms with Gasteiger partial charge in [0.05, 0.1) is 5.56 Å². The first-order chi connectivity index (χ1) is 8.88. The van der Waals surface area contributed by atoms with Gasteiger partial charge in [-0.25, -0.2) is 9.18 Å². The minimum atomic E-state index is -0.618. The molecule has 0 aliphatic carbocycles. The van der Waals surface area contributed by atoms with Crippen molar-refractivity contribution in [2.45, 2.75) is 26.4 Å². The predicted octanol–water partition coefficient (Wildman–Crippen LogP) is 4.27. The van der Waals surface area contributed by atoms with Crippen LogP contribution in [0.3, 0.4) is 0 Å². The highest BCUT2D eigenvalue weighted by molar-refractivity contribution is 7.15. The summed E-state index contributed by atoms with van der Waals surface area (Å²) in [4.78, 5) is 13.2. The number of fused-ring (bicyclic) bond motifs is 1. The predicted molar refractivity (Wildman–Crippen MR) is 72.9 cm³/mol. The standard InChI is InChI=1S/C15H13FO2S/c1-8-12(16)7-13(19-8)9-4-5-10-11(6-9)15(2,3)18-14(10)17/h4-7H,1-3H3. The maximum Gasteiger partial charge on any atom is 0.339 e. The zero-order chi connectivity index (χ0) is 13.8. The number of carbonyl (C=O) groups excluding carboxylic acids is 1. The highest BCUT2D eigenvalue weighted by Gasteiger charge is 2.37. The molecule has 0 saturated heterocycles. The van der Waals surface area contributed by atoms with Crippen LogP contribution in [0.2, 0.25) is 0 Å². The lowest BCUT2D eigenvalue weighted by atomic mass is 9.94. The maximum absolute atomic E-state index is 13.4. The fraction of sp³-hybridized carbons (Fsp3) is 0.267. The molecule has 4 heteroatoms. The molecule has 0 amide bonds. The van der Waals surface area contributed by atoms with Crippen LogP contribution in [0, 0.1) is 12.7 Å². The number of hydrogen-bond donors (Lipinski definition) is 0. The molecule has 2 nitrogen and oxygen atoms in total. The van der Waals surface area contributed by atoms with Crippen molar-refractivity contribution >= 4 is 17.3 Å². The van der Waals surface area contributed by atoms with E-state index in [0.29, 0.717) is 10.4 Å². The fourth-order valence-corrected chi connectivity index (χ4v) is 3.21. The number of benzene rings is 1. The second kappa shape index (κ2) is 3.90. The smallest absolute Gasteiger partial charge is 0.339 e. The summed E-state index contributed by atoms with van der Waals surface area (Å²) < 4.78 is 18.8. The molecule has 0 radical (unpaired) electrons. The van der Waals surface area contributed by atoms with Crippen LogP contribution in [0.15, 0.2) is 24.3 Å². The first kappa shape index (κ1) is 12.4. The Morgan fingerprint density at radius 1 is 1.26 bits per heavy atom. The molecule has 1 aromatic heterocycles. The van der Waals surface area contributed by atoms with Gasteiger partial charge in [-0.05, 0) is 44.5 Å². The average molecular weight is 276 g/mol. The van der Waals surface area contributed by atoms with Crippen LogP contribution in [-0.4, -0.2) is 5.97 Å². The molecule has 0 spiro atoms. The third-order valence-corrected chi connectivity index (χ3v) is 4.45. The van der Waals surface area contributed by atoms with Gasteiger partial charge in [-0.3, -0.25) is 0 Å². The zero-order valence-electron chi connectivity index (χ0n) is 10.9. The summed E-state index contributed by atoms with van der Waals surface area (Å²) in [6.07, 6.45) is 0. The first-order valence-corrected chi connectivity index (χ1v) is 6.84. The number of thiophene rings is 1. The summed E-state index contributed by atoms with van der Waals surface area (Å²) in [5, 5.41) is 0. The number of halogens is 1. The number of esters is 1. The van der Waals surface area contributed by atoms with E-state index in [1.54, 1.807) is 13.0 Å². The van der Waals surface area contributed by atoms with E-state index >= 15 is 0 Å². The van der Waals surface area contributed by atoms with Crippen LogP contribution in [0.1, 0.15) is 34.6 Å². The second-order valence-corrected chi connectivity index (χ2v) is 6.43. The third kappa shape index (κ3) is 1.87. The van der Waals surface area contributed by atoms with E-state index in [1.165, 1.54) is 17.4 Å². The molecular formula is C15H13FO2S. The van der Waals surface area contributed by atoms with E-state index in [1.807, 2.05) is 26.0 Å². The Kier molecular flexibility index (Phi) is 2.54. The van der Waals surface area contributed by atoms with Crippen molar-refractivity contribution < 1.29 is 13.9 Å². The Morgan fingerprint density at radius 2 is 2.00 bits per heavy atom. The van der Waals surface area contributed by atoms with Crippen molar-refractivity contribution in [3.63, 3.8) is 0 Å². The molecule has 1 aliphatic rings. The third-order valence-electron chi connectivity index (χ3n) is 3.38. The summed E-state index contributed by atoms with van der Waals surface area (Å²) in [7, 11) is 0. The van der Waals surface area contributed by atoms with Gasteiger partial charge in [0.1, 0.15) is 11.4 Å². The molecule has 0 atom stereocenters. The number of rotatable bonds is 1. The van der Waals surface area contributed by atoms with Crippen LogP contribution < -0.4 is 0 Å². The van der Waals surface area contributed by atoms with Crippen molar-refractivity contribution in [2.24, 2.45) is 0 Å². The Hall–Kier alpha value is -1.68. The van der Waals surface area contributed by atoms with Crippen molar-refractivity contribution in [1.29, 1.82) is 0 Å². The van der Waals surface area contributed by atoms with E-state index in [2.05, 4.69) is 0 Å². The minimum Gasteiger partial charge on any atom is -0.451 e. The molecule has 98 valence electrons. The second-order valence-electron chi connectivity index (χ2n) is 5.17. The quantitative estimate of drug-likeness (QED) is 0.727. The molecule has 0 saturated carbocycles. The molecule has 3 rings (SSSR count). The number of carbonyl (C=O) groups is 1. The lowest BCUT2D eigenvalue weighted by Gasteiger charge is -2.17. The molecule has 1 aromatic carbocycles. The highest BCUT2D eigenvalue weighted by Crippen LogP contribution is 2.39. The van der Waals surface area contributed by atoms with Crippen molar-refractivity contribution in [1.82, 2.24) is 0 Å². The Bertz CT molecular complexity index is 666.